The van der Waals surface area contributed by atoms with E-state index in [0.29, 0.717) is 0 Å². The van der Waals surface area contributed by atoms with Crippen LogP contribution in [0, 0.1) is 0 Å². The highest BCUT2D eigenvalue weighted by molar-refractivity contribution is 5.79. The Labute approximate surface area is 101 Å². The molecule has 0 aromatic rings. The Balaban J connectivity index is 4.55. The number of hydrogen-bond acceptors (Lipinski definition) is 3. The van der Waals surface area contributed by atoms with Gasteiger partial charge in [-0.1, -0.05) is 0 Å². The van der Waals surface area contributed by atoms with E-state index in [1.54, 1.807) is 20.8 Å². The number of alkyl halides is 1. The van der Waals surface area contributed by atoms with Crippen LogP contribution >= 0.6 is 0 Å². The van der Waals surface area contributed by atoms with E-state index in [-0.39, 0.29) is 12.8 Å². The molecular formula is C11H20FNO4. The summed E-state index contributed by atoms with van der Waals surface area (Å²) in [5, 5.41) is 8.95. The number of halogens is 1. The highest BCUT2D eigenvalue weighted by Gasteiger charge is 2.29. The van der Waals surface area contributed by atoms with Gasteiger partial charge >= 0.3 is 12.1 Å². The predicted molar refractivity (Wildman–Crippen MR) is 60.6 cm³/mol. The highest BCUT2D eigenvalue weighted by Crippen LogP contribution is 2.13. The van der Waals surface area contributed by atoms with Gasteiger partial charge in [0.1, 0.15) is 11.6 Å². The van der Waals surface area contributed by atoms with Gasteiger partial charge in [0, 0.05) is 7.05 Å². The molecule has 0 aliphatic carbocycles. The quantitative estimate of drug-likeness (QED) is 0.809. The fourth-order valence-electron chi connectivity index (χ4n) is 1.21. The molecule has 0 rings (SSSR count). The number of carboxylic acids is 1. The van der Waals surface area contributed by atoms with Crippen LogP contribution in [-0.4, -0.2) is 47.4 Å². The SMILES string of the molecule is CN(C(=O)OC(C)(C)C)[C@@H](CCCF)C(=O)O. The molecule has 1 atom stereocenters. The normalized spacial score (nSPS) is 13.0. The first-order chi connectivity index (χ1) is 7.69. The van der Waals surface area contributed by atoms with E-state index in [1.165, 1.54) is 7.05 Å². The zero-order valence-corrected chi connectivity index (χ0v) is 10.7. The number of ether oxygens (including phenoxy) is 1. The lowest BCUT2D eigenvalue weighted by Crippen LogP contribution is -2.44. The maximum absolute atomic E-state index is 12.0. The van der Waals surface area contributed by atoms with Crippen LogP contribution in [0.3, 0.4) is 0 Å². The van der Waals surface area contributed by atoms with E-state index in [2.05, 4.69) is 0 Å². The first kappa shape index (κ1) is 15.7. The van der Waals surface area contributed by atoms with E-state index < -0.39 is 30.4 Å². The van der Waals surface area contributed by atoms with Crippen LogP contribution in [0.15, 0.2) is 0 Å². The van der Waals surface area contributed by atoms with Crippen molar-refractivity contribution in [3.63, 3.8) is 0 Å². The third kappa shape index (κ3) is 6.09. The molecule has 0 radical (unpaired) electrons. The summed E-state index contributed by atoms with van der Waals surface area (Å²) in [5.41, 5.74) is -0.686. The number of amides is 1. The second kappa shape index (κ2) is 6.42. The number of aliphatic carboxylic acids is 1. The molecule has 0 saturated heterocycles. The maximum Gasteiger partial charge on any atom is 0.410 e. The van der Waals surface area contributed by atoms with Crippen LogP contribution in [0.5, 0.6) is 0 Å². The van der Waals surface area contributed by atoms with Gasteiger partial charge in [-0.15, -0.1) is 0 Å². The topological polar surface area (TPSA) is 66.8 Å². The Kier molecular flexibility index (Phi) is 5.91. The largest absolute Gasteiger partial charge is 0.480 e. The molecule has 0 saturated carbocycles. The highest BCUT2D eigenvalue weighted by atomic mass is 19.1. The number of rotatable bonds is 5. The molecule has 0 fully saturated rings. The minimum absolute atomic E-state index is 0.0710. The van der Waals surface area contributed by atoms with Crippen molar-refractivity contribution in [3.05, 3.63) is 0 Å². The van der Waals surface area contributed by atoms with Crippen LogP contribution in [0.25, 0.3) is 0 Å². The average molecular weight is 249 g/mol. The molecule has 0 aromatic heterocycles. The van der Waals surface area contributed by atoms with Crippen LogP contribution in [0.1, 0.15) is 33.6 Å². The van der Waals surface area contributed by atoms with E-state index in [9.17, 15) is 14.0 Å². The Bertz CT molecular complexity index is 275. The summed E-state index contributed by atoms with van der Waals surface area (Å²) < 4.78 is 17.1. The molecule has 0 spiro atoms. The molecule has 1 N–H and O–H groups in total. The van der Waals surface area contributed by atoms with E-state index >= 15 is 0 Å². The van der Waals surface area contributed by atoms with Gasteiger partial charge in [0.2, 0.25) is 0 Å². The first-order valence-corrected chi connectivity index (χ1v) is 5.43. The third-order valence-electron chi connectivity index (χ3n) is 2.05. The Hall–Kier alpha value is -1.33. The van der Waals surface area contributed by atoms with E-state index in [0.717, 1.165) is 4.90 Å². The zero-order valence-electron chi connectivity index (χ0n) is 10.7. The van der Waals surface area contributed by atoms with Crippen LogP contribution in [0.4, 0.5) is 9.18 Å². The summed E-state index contributed by atoms with van der Waals surface area (Å²) in [4.78, 5) is 23.5. The fourth-order valence-corrected chi connectivity index (χ4v) is 1.21. The second-order valence-corrected chi connectivity index (χ2v) is 4.78. The summed E-state index contributed by atoms with van der Waals surface area (Å²) in [6, 6.07) is -1.06. The zero-order chi connectivity index (χ0) is 13.6. The van der Waals surface area contributed by atoms with Crippen molar-refractivity contribution in [1.29, 1.82) is 0 Å². The predicted octanol–water partition coefficient (Wildman–Crippen LogP) is 2.06. The van der Waals surface area contributed by atoms with Gasteiger partial charge in [0.05, 0.1) is 6.67 Å². The van der Waals surface area contributed by atoms with E-state index in [4.69, 9.17) is 9.84 Å². The summed E-state index contributed by atoms with van der Waals surface area (Å²) in [6.07, 6.45) is -0.546. The molecule has 17 heavy (non-hydrogen) atoms. The van der Waals surface area contributed by atoms with Gasteiger partial charge in [-0.25, -0.2) is 9.59 Å². The standard InChI is InChI=1S/C11H20FNO4/c1-11(2,3)17-10(16)13(4)8(9(14)15)6-5-7-12/h8H,5-7H2,1-4H3,(H,14,15)/t8-/m0/s1. The lowest BCUT2D eigenvalue weighted by atomic mass is 10.1. The molecule has 6 heteroatoms. The van der Waals surface area contributed by atoms with Gasteiger partial charge < -0.3 is 9.84 Å². The molecule has 0 aliphatic rings. The van der Waals surface area contributed by atoms with Crippen molar-refractivity contribution < 1.29 is 23.8 Å². The Morgan fingerprint density at radius 2 is 1.94 bits per heavy atom. The number of carbonyl (C=O) groups is 2. The summed E-state index contributed by atoms with van der Waals surface area (Å²) in [7, 11) is 1.34. The second-order valence-electron chi connectivity index (χ2n) is 4.78. The van der Waals surface area contributed by atoms with Crippen molar-refractivity contribution in [2.75, 3.05) is 13.7 Å². The minimum Gasteiger partial charge on any atom is -0.480 e. The molecule has 100 valence electrons. The van der Waals surface area contributed by atoms with Crippen molar-refractivity contribution in [2.24, 2.45) is 0 Å². The lowest BCUT2D eigenvalue weighted by molar-refractivity contribution is -0.143. The molecule has 0 heterocycles. The lowest BCUT2D eigenvalue weighted by Gasteiger charge is -2.28. The number of likely N-dealkylation sites (N-methyl/N-ethyl adjacent to an activating group) is 1. The Morgan fingerprint density at radius 1 is 1.41 bits per heavy atom. The van der Waals surface area contributed by atoms with Gasteiger partial charge in [0.25, 0.3) is 0 Å². The van der Waals surface area contributed by atoms with Crippen molar-refractivity contribution in [3.8, 4) is 0 Å². The van der Waals surface area contributed by atoms with Crippen molar-refractivity contribution >= 4 is 12.1 Å². The van der Waals surface area contributed by atoms with Crippen LogP contribution < -0.4 is 0 Å². The minimum atomic E-state index is -1.16. The van der Waals surface area contributed by atoms with Crippen LogP contribution in [0.2, 0.25) is 0 Å². The average Bonchev–Trinajstić information content (AvgIpc) is 2.14. The number of nitrogens with zero attached hydrogens (tertiary/aromatic N) is 1. The van der Waals surface area contributed by atoms with Gasteiger partial charge in [-0.05, 0) is 33.6 Å². The number of carbonyl (C=O) groups excluding carboxylic acids is 1. The molecule has 1 amide bonds. The molecule has 0 aromatic carbocycles. The van der Waals surface area contributed by atoms with Gasteiger partial charge in [0.15, 0.2) is 0 Å². The number of carboxylic acid groups (broad SMARTS) is 1. The summed E-state index contributed by atoms with van der Waals surface area (Å²) in [5.74, 6) is -1.16. The first-order valence-electron chi connectivity index (χ1n) is 5.43. The molecule has 5 nitrogen and oxygen atoms in total. The summed E-state index contributed by atoms with van der Waals surface area (Å²) >= 11 is 0. The monoisotopic (exact) mass is 249 g/mol. The maximum atomic E-state index is 12.0. The molecule has 0 bridgehead atoms. The van der Waals surface area contributed by atoms with Crippen LogP contribution in [-0.2, 0) is 9.53 Å². The third-order valence-corrected chi connectivity index (χ3v) is 2.05. The number of hydrogen-bond donors (Lipinski definition) is 1. The van der Waals surface area contributed by atoms with Gasteiger partial charge in [-0.2, -0.15) is 0 Å². The summed E-state index contributed by atoms with van der Waals surface area (Å²) in [6.45, 7) is 4.47. The van der Waals surface area contributed by atoms with Crippen molar-refractivity contribution in [1.82, 2.24) is 4.90 Å². The molecule has 0 unspecified atom stereocenters. The smallest absolute Gasteiger partial charge is 0.410 e. The molecule has 0 aliphatic heterocycles. The fraction of sp³-hybridized carbons (Fsp3) is 0.818. The van der Waals surface area contributed by atoms with Crippen molar-refractivity contribution in [2.45, 2.75) is 45.3 Å². The molecular weight excluding hydrogens is 229 g/mol. The Morgan fingerprint density at radius 3 is 2.29 bits per heavy atom. The van der Waals surface area contributed by atoms with E-state index in [1.807, 2.05) is 0 Å². The van der Waals surface area contributed by atoms with Gasteiger partial charge in [-0.3, -0.25) is 9.29 Å².